The number of hydrogen-bond acceptors (Lipinski definition) is 4. The normalized spacial score (nSPS) is 15.5. The lowest BCUT2D eigenvalue weighted by Gasteiger charge is -2.23. The van der Waals surface area contributed by atoms with Gasteiger partial charge in [0.2, 0.25) is 5.95 Å². The molecular formula is C19H15ClF4N4. The van der Waals surface area contributed by atoms with E-state index in [4.69, 9.17) is 11.6 Å². The fraction of sp³-hybridized carbons (Fsp3) is 0.263. The van der Waals surface area contributed by atoms with Crippen molar-refractivity contribution in [2.24, 2.45) is 5.92 Å². The van der Waals surface area contributed by atoms with Crippen LogP contribution >= 0.6 is 11.6 Å². The maximum atomic E-state index is 13.5. The highest BCUT2D eigenvalue weighted by molar-refractivity contribution is 6.31. The molecule has 0 spiro atoms. The zero-order valence-electron chi connectivity index (χ0n) is 14.4. The molecule has 9 heteroatoms. The highest BCUT2D eigenvalue weighted by Gasteiger charge is 2.49. The van der Waals surface area contributed by atoms with Crippen molar-refractivity contribution in [3.63, 3.8) is 0 Å². The van der Waals surface area contributed by atoms with Gasteiger partial charge in [-0.25, -0.2) is 9.37 Å². The summed E-state index contributed by atoms with van der Waals surface area (Å²) < 4.78 is 53.7. The molecule has 2 aromatic carbocycles. The Kier molecular flexibility index (Phi) is 4.74. The second-order valence-electron chi connectivity index (χ2n) is 6.67. The van der Waals surface area contributed by atoms with Gasteiger partial charge in [-0.2, -0.15) is 18.2 Å². The van der Waals surface area contributed by atoms with Crippen LogP contribution in [0, 0.1) is 11.7 Å². The second kappa shape index (κ2) is 7.09. The summed E-state index contributed by atoms with van der Waals surface area (Å²) in [6, 6.07) is 9.10. The first kappa shape index (κ1) is 18.7. The second-order valence-corrected chi connectivity index (χ2v) is 7.08. The molecule has 28 heavy (non-hydrogen) atoms. The van der Waals surface area contributed by atoms with Crippen molar-refractivity contribution in [1.29, 1.82) is 0 Å². The monoisotopic (exact) mass is 410 g/mol. The van der Waals surface area contributed by atoms with E-state index < -0.39 is 24.0 Å². The minimum Gasteiger partial charge on any atom is -0.358 e. The predicted molar refractivity (Wildman–Crippen MR) is 100 cm³/mol. The number of nitrogens with one attached hydrogen (secondary N) is 2. The lowest BCUT2D eigenvalue weighted by molar-refractivity contribution is -0.146. The van der Waals surface area contributed by atoms with Gasteiger partial charge in [0, 0.05) is 11.1 Å². The number of para-hydroxylation sites is 1. The van der Waals surface area contributed by atoms with Crippen molar-refractivity contribution in [2.45, 2.75) is 25.1 Å². The third-order valence-electron chi connectivity index (χ3n) is 4.52. The first-order chi connectivity index (χ1) is 13.3. The number of halogens is 5. The quantitative estimate of drug-likeness (QED) is 0.513. The van der Waals surface area contributed by atoms with E-state index in [0.717, 1.165) is 0 Å². The molecule has 146 valence electrons. The van der Waals surface area contributed by atoms with Gasteiger partial charge < -0.3 is 10.6 Å². The molecule has 0 radical (unpaired) electrons. The molecule has 0 saturated heterocycles. The van der Waals surface area contributed by atoms with Gasteiger partial charge in [0.25, 0.3) is 0 Å². The van der Waals surface area contributed by atoms with E-state index in [1.54, 1.807) is 24.3 Å². The van der Waals surface area contributed by atoms with E-state index in [-0.39, 0.29) is 16.8 Å². The van der Waals surface area contributed by atoms with Crippen molar-refractivity contribution < 1.29 is 17.6 Å². The molecule has 1 heterocycles. The molecule has 3 aromatic rings. The van der Waals surface area contributed by atoms with Crippen LogP contribution < -0.4 is 10.6 Å². The molecule has 1 aromatic heterocycles. The van der Waals surface area contributed by atoms with Crippen molar-refractivity contribution in [3.05, 3.63) is 53.3 Å². The maximum Gasteiger partial charge on any atom is 0.408 e. The lowest BCUT2D eigenvalue weighted by atomic mass is 10.1. The van der Waals surface area contributed by atoms with Crippen LogP contribution in [-0.2, 0) is 0 Å². The first-order valence-corrected chi connectivity index (χ1v) is 9.01. The van der Waals surface area contributed by atoms with Gasteiger partial charge in [0.05, 0.1) is 10.5 Å². The largest absolute Gasteiger partial charge is 0.408 e. The van der Waals surface area contributed by atoms with Crippen LogP contribution in [0.5, 0.6) is 0 Å². The van der Waals surface area contributed by atoms with E-state index >= 15 is 0 Å². The van der Waals surface area contributed by atoms with Crippen LogP contribution in [0.2, 0.25) is 5.02 Å². The number of anilines is 3. The van der Waals surface area contributed by atoms with Gasteiger partial charge in [0.1, 0.15) is 17.7 Å². The van der Waals surface area contributed by atoms with E-state index in [1.807, 2.05) is 0 Å². The Morgan fingerprint density at radius 1 is 1.07 bits per heavy atom. The number of alkyl halides is 3. The number of hydrogen-bond donors (Lipinski definition) is 2. The molecular weight excluding hydrogens is 396 g/mol. The standard InChI is InChI=1S/C19H15ClF4N4/c20-13-9-11(7-8-14(13)21)25-18-26-15-4-2-1-3-12(15)17(28-18)27-16(10-5-6-10)19(22,23)24/h1-4,7-10,16H,5-6H2,(H2,25,26,27,28). The highest BCUT2D eigenvalue weighted by atomic mass is 35.5. The molecule has 1 unspecified atom stereocenters. The van der Waals surface area contributed by atoms with Crippen LogP contribution in [0.1, 0.15) is 12.8 Å². The molecule has 0 bridgehead atoms. The number of rotatable bonds is 5. The van der Waals surface area contributed by atoms with E-state index in [0.29, 0.717) is 29.4 Å². The summed E-state index contributed by atoms with van der Waals surface area (Å²) in [5.74, 6) is -0.858. The molecule has 1 aliphatic rings. The molecule has 1 aliphatic carbocycles. The van der Waals surface area contributed by atoms with Crippen molar-refractivity contribution in [1.82, 2.24) is 9.97 Å². The van der Waals surface area contributed by atoms with Crippen molar-refractivity contribution in [3.8, 4) is 0 Å². The van der Waals surface area contributed by atoms with Crippen LogP contribution in [-0.4, -0.2) is 22.2 Å². The van der Waals surface area contributed by atoms with Gasteiger partial charge in [0.15, 0.2) is 0 Å². The summed E-state index contributed by atoms with van der Waals surface area (Å²) >= 11 is 5.77. The number of aromatic nitrogens is 2. The SMILES string of the molecule is Fc1ccc(Nc2nc(NC(C3CC3)C(F)(F)F)c3ccccc3n2)cc1Cl. The summed E-state index contributed by atoms with van der Waals surface area (Å²) in [4.78, 5) is 8.57. The third-order valence-corrected chi connectivity index (χ3v) is 4.81. The summed E-state index contributed by atoms with van der Waals surface area (Å²) in [7, 11) is 0. The number of fused-ring (bicyclic) bond motifs is 1. The first-order valence-electron chi connectivity index (χ1n) is 8.63. The Bertz CT molecular complexity index is 1020. The van der Waals surface area contributed by atoms with Crippen molar-refractivity contribution >= 4 is 40.0 Å². The molecule has 1 saturated carbocycles. The summed E-state index contributed by atoms with van der Waals surface area (Å²) in [5.41, 5.74) is 0.898. The summed E-state index contributed by atoms with van der Waals surface area (Å²) in [5, 5.41) is 5.83. The minimum atomic E-state index is -4.38. The zero-order chi connectivity index (χ0) is 19.9. The number of benzene rings is 2. The highest BCUT2D eigenvalue weighted by Crippen LogP contribution is 2.42. The van der Waals surface area contributed by atoms with Gasteiger partial charge in [-0.3, -0.25) is 0 Å². The van der Waals surface area contributed by atoms with Gasteiger partial charge in [-0.05, 0) is 49.1 Å². The third kappa shape index (κ3) is 3.96. The Balaban J connectivity index is 1.71. The van der Waals surface area contributed by atoms with E-state index in [1.165, 1.54) is 18.2 Å². The van der Waals surface area contributed by atoms with Gasteiger partial charge in [-0.1, -0.05) is 23.7 Å². The van der Waals surface area contributed by atoms with Crippen LogP contribution in [0.3, 0.4) is 0 Å². The molecule has 1 atom stereocenters. The molecule has 4 rings (SSSR count). The zero-order valence-corrected chi connectivity index (χ0v) is 15.2. The fourth-order valence-corrected chi connectivity index (χ4v) is 3.17. The Morgan fingerprint density at radius 2 is 1.82 bits per heavy atom. The molecule has 1 fully saturated rings. The average Bonchev–Trinajstić information content (AvgIpc) is 3.46. The fourth-order valence-electron chi connectivity index (χ4n) is 2.99. The van der Waals surface area contributed by atoms with Crippen LogP contribution in [0.15, 0.2) is 42.5 Å². The number of nitrogens with zero attached hydrogens (tertiary/aromatic N) is 2. The Morgan fingerprint density at radius 3 is 2.50 bits per heavy atom. The minimum absolute atomic E-state index is 0.0839. The van der Waals surface area contributed by atoms with E-state index in [2.05, 4.69) is 20.6 Å². The smallest absolute Gasteiger partial charge is 0.358 e. The topological polar surface area (TPSA) is 49.8 Å². The molecule has 4 nitrogen and oxygen atoms in total. The lowest BCUT2D eigenvalue weighted by Crippen LogP contribution is -2.38. The molecule has 0 aliphatic heterocycles. The van der Waals surface area contributed by atoms with E-state index in [9.17, 15) is 17.6 Å². The summed E-state index contributed by atoms with van der Waals surface area (Å²) in [6.07, 6.45) is -3.33. The van der Waals surface area contributed by atoms with Crippen LogP contribution in [0.4, 0.5) is 35.0 Å². The van der Waals surface area contributed by atoms with Gasteiger partial charge in [-0.15, -0.1) is 0 Å². The molecule has 2 N–H and O–H groups in total. The summed E-state index contributed by atoms with van der Waals surface area (Å²) in [6.45, 7) is 0. The Hall–Kier alpha value is -2.61. The maximum absolute atomic E-state index is 13.5. The van der Waals surface area contributed by atoms with Gasteiger partial charge >= 0.3 is 6.18 Å². The van der Waals surface area contributed by atoms with Crippen molar-refractivity contribution in [2.75, 3.05) is 10.6 Å². The average molecular weight is 411 g/mol. The predicted octanol–water partition coefficient (Wildman–Crippen LogP) is 5.92. The molecule has 0 amide bonds. The van der Waals surface area contributed by atoms with Crippen LogP contribution in [0.25, 0.3) is 10.9 Å². The Labute approximate surface area is 162 Å².